The molecule has 1 aliphatic heterocycles. The molecule has 0 atom stereocenters. The second kappa shape index (κ2) is 3.38. The topological polar surface area (TPSA) is 46.6 Å². The molecule has 0 N–H and O–H groups in total. The maximum absolute atomic E-state index is 11.0. The number of carbonyl (C=O) groups excluding carboxylic acids is 2. The second-order valence-electron chi connectivity index (χ2n) is 2.61. The monoisotopic (exact) mass is 169 g/mol. The van der Waals surface area contributed by atoms with E-state index >= 15 is 0 Å². The Balaban J connectivity index is 2.70. The first-order valence-corrected chi connectivity index (χ1v) is 3.70. The molecule has 0 aromatic carbocycles. The molecule has 0 saturated carbocycles. The molecule has 0 aliphatic carbocycles. The van der Waals surface area contributed by atoms with Gasteiger partial charge in [-0.05, 0) is 6.42 Å². The number of carbonyl (C=O) groups is 2. The molecule has 1 fully saturated rings. The van der Waals surface area contributed by atoms with Gasteiger partial charge >= 0.3 is 5.97 Å². The summed E-state index contributed by atoms with van der Waals surface area (Å²) < 4.78 is 4.44. The van der Waals surface area contributed by atoms with E-state index in [9.17, 15) is 9.59 Å². The number of nitrogens with zero attached hydrogens (tertiary/aromatic N) is 1. The molecule has 4 nitrogen and oxygen atoms in total. The maximum Gasteiger partial charge on any atom is 0.332 e. The van der Waals surface area contributed by atoms with Crippen LogP contribution in [0, 0.1) is 0 Å². The highest BCUT2D eigenvalue weighted by Crippen LogP contribution is 2.19. The number of ether oxygens (including phenoxy) is 1. The third-order valence-electron chi connectivity index (χ3n) is 1.89. The van der Waals surface area contributed by atoms with Crippen molar-refractivity contribution in [1.29, 1.82) is 0 Å². The molecule has 1 aliphatic rings. The Morgan fingerprint density at radius 3 is 2.67 bits per heavy atom. The molecule has 1 heterocycles. The summed E-state index contributed by atoms with van der Waals surface area (Å²) >= 11 is 0. The third-order valence-corrected chi connectivity index (χ3v) is 1.89. The fraction of sp³-hybridized carbons (Fsp3) is 0.500. The van der Waals surface area contributed by atoms with Gasteiger partial charge < -0.3 is 9.64 Å². The van der Waals surface area contributed by atoms with Gasteiger partial charge in [0.2, 0.25) is 5.91 Å². The van der Waals surface area contributed by atoms with Crippen LogP contribution in [0.1, 0.15) is 12.8 Å². The number of rotatable bonds is 1. The highest BCUT2D eigenvalue weighted by molar-refractivity contribution is 5.87. The first-order valence-electron chi connectivity index (χ1n) is 3.70. The summed E-state index contributed by atoms with van der Waals surface area (Å²) in [6, 6.07) is 0. The van der Waals surface area contributed by atoms with E-state index in [-0.39, 0.29) is 5.91 Å². The molecule has 12 heavy (non-hydrogen) atoms. The third kappa shape index (κ3) is 1.64. The standard InChI is InChI=1S/C8H11NO3/c1-9-6(3-4-7(9)10)5-8(11)12-2/h5H,3-4H2,1-2H3/b6-5+. The van der Waals surface area contributed by atoms with Gasteiger partial charge in [-0.1, -0.05) is 0 Å². The summed E-state index contributed by atoms with van der Waals surface area (Å²) in [4.78, 5) is 23.3. The van der Waals surface area contributed by atoms with Crippen LogP contribution >= 0.6 is 0 Å². The highest BCUT2D eigenvalue weighted by atomic mass is 16.5. The summed E-state index contributed by atoms with van der Waals surface area (Å²) in [5.41, 5.74) is 0.729. The van der Waals surface area contributed by atoms with Gasteiger partial charge in [-0.25, -0.2) is 4.79 Å². The smallest absolute Gasteiger partial charge is 0.332 e. The van der Waals surface area contributed by atoms with E-state index in [0.717, 1.165) is 5.70 Å². The Bertz CT molecular complexity index is 245. The highest BCUT2D eigenvalue weighted by Gasteiger charge is 2.22. The molecule has 1 rings (SSSR count). The van der Waals surface area contributed by atoms with Crippen molar-refractivity contribution in [3.63, 3.8) is 0 Å². The van der Waals surface area contributed by atoms with Crippen molar-refractivity contribution < 1.29 is 14.3 Å². The van der Waals surface area contributed by atoms with Crippen LogP contribution < -0.4 is 0 Å². The molecule has 0 unspecified atom stereocenters. The molecule has 0 aromatic heterocycles. The average molecular weight is 169 g/mol. The fourth-order valence-electron chi connectivity index (χ4n) is 1.09. The van der Waals surface area contributed by atoms with E-state index in [1.54, 1.807) is 7.05 Å². The van der Waals surface area contributed by atoms with Crippen molar-refractivity contribution in [2.24, 2.45) is 0 Å². The van der Waals surface area contributed by atoms with E-state index in [0.29, 0.717) is 12.8 Å². The number of hydrogen-bond acceptors (Lipinski definition) is 3. The van der Waals surface area contributed by atoms with Crippen molar-refractivity contribution in [2.75, 3.05) is 14.2 Å². The normalized spacial score (nSPS) is 20.3. The van der Waals surface area contributed by atoms with Crippen molar-refractivity contribution in [2.45, 2.75) is 12.8 Å². The molecule has 0 bridgehead atoms. The Morgan fingerprint density at radius 2 is 2.25 bits per heavy atom. The largest absolute Gasteiger partial charge is 0.466 e. The molecule has 0 spiro atoms. The summed E-state index contributed by atoms with van der Waals surface area (Å²) in [5.74, 6) is -0.364. The summed E-state index contributed by atoms with van der Waals surface area (Å²) in [5, 5.41) is 0. The van der Waals surface area contributed by atoms with Crippen molar-refractivity contribution in [3.05, 3.63) is 11.8 Å². The SMILES string of the molecule is COC(=O)/C=C1\CCC(=O)N1C. The number of esters is 1. The van der Waals surface area contributed by atoms with E-state index in [2.05, 4.69) is 4.74 Å². The van der Waals surface area contributed by atoms with Gasteiger partial charge in [0, 0.05) is 25.2 Å². The van der Waals surface area contributed by atoms with E-state index in [4.69, 9.17) is 0 Å². The number of hydrogen-bond donors (Lipinski definition) is 0. The Morgan fingerprint density at radius 1 is 1.58 bits per heavy atom. The van der Waals surface area contributed by atoms with Gasteiger partial charge in [0.05, 0.1) is 7.11 Å². The van der Waals surface area contributed by atoms with Crippen LogP contribution in [0.5, 0.6) is 0 Å². The number of allylic oxidation sites excluding steroid dienone is 1. The van der Waals surface area contributed by atoms with Gasteiger partial charge in [-0.15, -0.1) is 0 Å². The molecule has 4 heteroatoms. The predicted molar refractivity (Wildman–Crippen MR) is 42.1 cm³/mol. The van der Waals surface area contributed by atoms with E-state index in [1.807, 2.05) is 0 Å². The first kappa shape index (κ1) is 8.77. The lowest BCUT2D eigenvalue weighted by atomic mass is 10.3. The fourth-order valence-corrected chi connectivity index (χ4v) is 1.09. The molecule has 66 valence electrons. The Hall–Kier alpha value is -1.32. The van der Waals surface area contributed by atoms with Gasteiger partial charge in [0.1, 0.15) is 0 Å². The number of likely N-dealkylation sites (tertiary alicyclic amines) is 1. The molecule has 0 aromatic rings. The molecule has 0 radical (unpaired) electrons. The van der Waals surface area contributed by atoms with Crippen molar-refractivity contribution >= 4 is 11.9 Å². The quantitative estimate of drug-likeness (QED) is 0.419. The zero-order valence-electron chi connectivity index (χ0n) is 7.16. The van der Waals surface area contributed by atoms with Crippen LogP contribution in [0.25, 0.3) is 0 Å². The van der Waals surface area contributed by atoms with Gasteiger partial charge in [-0.2, -0.15) is 0 Å². The molecular formula is C8H11NO3. The van der Waals surface area contributed by atoms with Crippen LogP contribution in [0.15, 0.2) is 11.8 Å². The Kier molecular flexibility index (Phi) is 2.47. The lowest BCUT2D eigenvalue weighted by Gasteiger charge is -2.09. The summed E-state index contributed by atoms with van der Waals surface area (Å²) in [6.45, 7) is 0. The van der Waals surface area contributed by atoms with E-state index < -0.39 is 5.97 Å². The number of methoxy groups -OCH3 is 1. The van der Waals surface area contributed by atoms with E-state index in [1.165, 1.54) is 18.1 Å². The minimum absolute atomic E-state index is 0.0464. The van der Waals surface area contributed by atoms with Gasteiger partial charge in [-0.3, -0.25) is 4.79 Å². The molecule has 1 amide bonds. The van der Waals surface area contributed by atoms with Crippen molar-refractivity contribution in [1.82, 2.24) is 4.90 Å². The molecular weight excluding hydrogens is 158 g/mol. The average Bonchev–Trinajstić information content (AvgIpc) is 2.36. The minimum Gasteiger partial charge on any atom is -0.466 e. The number of amides is 1. The Labute approximate surface area is 70.8 Å². The van der Waals surface area contributed by atoms with Crippen LogP contribution in [0.3, 0.4) is 0 Å². The zero-order chi connectivity index (χ0) is 9.14. The van der Waals surface area contributed by atoms with Crippen LogP contribution in [0.4, 0.5) is 0 Å². The lowest BCUT2D eigenvalue weighted by Crippen LogP contribution is -2.17. The summed E-state index contributed by atoms with van der Waals surface area (Å²) in [6.07, 6.45) is 2.47. The summed E-state index contributed by atoms with van der Waals surface area (Å²) in [7, 11) is 2.97. The minimum atomic E-state index is -0.411. The predicted octanol–water partition coefficient (Wildman–Crippen LogP) is 0.295. The first-order chi connectivity index (χ1) is 5.65. The molecule has 1 saturated heterocycles. The maximum atomic E-state index is 11.0. The second-order valence-corrected chi connectivity index (χ2v) is 2.61. The van der Waals surface area contributed by atoms with Crippen molar-refractivity contribution in [3.8, 4) is 0 Å². The van der Waals surface area contributed by atoms with Crippen LogP contribution in [-0.4, -0.2) is 30.9 Å². The van der Waals surface area contributed by atoms with Crippen LogP contribution in [0.2, 0.25) is 0 Å². The van der Waals surface area contributed by atoms with Gasteiger partial charge in [0.25, 0.3) is 0 Å². The van der Waals surface area contributed by atoms with Gasteiger partial charge in [0.15, 0.2) is 0 Å². The zero-order valence-corrected chi connectivity index (χ0v) is 7.16. The van der Waals surface area contributed by atoms with Crippen LogP contribution in [-0.2, 0) is 14.3 Å². The lowest BCUT2D eigenvalue weighted by molar-refractivity contribution is -0.134.